The molecule has 2 aliphatic heterocycles. The third-order valence-corrected chi connectivity index (χ3v) is 12.7. The Labute approximate surface area is 284 Å². The van der Waals surface area contributed by atoms with Crippen molar-refractivity contribution in [2.75, 3.05) is 19.6 Å². The van der Waals surface area contributed by atoms with Crippen LogP contribution in [-0.2, 0) is 24.0 Å². The summed E-state index contributed by atoms with van der Waals surface area (Å²) in [5, 5.41) is 7.36. The van der Waals surface area contributed by atoms with Crippen LogP contribution in [0.25, 0.3) is 0 Å². The molecule has 4 aliphatic carbocycles. The van der Waals surface area contributed by atoms with Gasteiger partial charge in [-0.25, -0.2) is 4.79 Å². The molecule has 12 nitrogen and oxygen atoms in total. The zero-order valence-corrected chi connectivity index (χ0v) is 30.3. The third kappa shape index (κ3) is 5.49. The van der Waals surface area contributed by atoms with Gasteiger partial charge in [-0.1, -0.05) is 62.3 Å². The van der Waals surface area contributed by atoms with Crippen molar-refractivity contribution in [3.05, 3.63) is 0 Å². The monoisotopic (exact) mass is 668 g/mol. The minimum atomic E-state index is -0.964. The molecular weight excluding hydrogens is 612 g/mol. The molecule has 3 N–H and O–H groups in total. The fraction of sp³-hybridized carbons (Fsp3) is 0.833. The number of carbonyl (C=O) groups is 6. The number of piperidine rings is 1. The van der Waals surface area contributed by atoms with Crippen LogP contribution in [0.2, 0.25) is 0 Å². The van der Waals surface area contributed by atoms with Crippen LogP contribution in [0.4, 0.5) is 4.79 Å². The number of fused-ring (bicyclic) bond motifs is 1. The van der Waals surface area contributed by atoms with Gasteiger partial charge < -0.3 is 15.5 Å². The van der Waals surface area contributed by atoms with E-state index < -0.39 is 40.4 Å². The molecule has 0 aromatic rings. The minimum Gasteiger partial charge on any atom is -0.333 e. The van der Waals surface area contributed by atoms with E-state index in [9.17, 15) is 28.8 Å². The lowest BCUT2D eigenvalue weighted by molar-refractivity contribution is -0.166. The highest BCUT2D eigenvalue weighted by atomic mass is 16.2. The molecule has 0 aromatic heterocycles. The Morgan fingerprint density at radius 1 is 0.979 bits per heavy atom. The lowest BCUT2D eigenvalue weighted by Crippen LogP contribution is -2.63. The molecule has 0 aromatic carbocycles. The van der Waals surface area contributed by atoms with E-state index in [1.165, 1.54) is 9.91 Å². The summed E-state index contributed by atoms with van der Waals surface area (Å²) in [6.07, 6.45) is 4.85. The maximum absolute atomic E-state index is 14.4. The van der Waals surface area contributed by atoms with Gasteiger partial charge in [0.25, 0.3) is 5.91 Å². The highest BCUT2D eigenvalue weighted by molar-refractivity contribution is 6.09. The second kappa shape index (κ2) is 11.4. The summed E-state index contributed by atoms with van der Waals surface area (Å²) >= 11 is 0. The van der Waals surface area contributed by atoms with Gasteiger partial charge in [0.2, 0.25) is 23.6 Å². The van der Waals surface area contributed by atoms with Gasteiger partial charge in [0.15, 0.2) is 0 Å². The van der Waals surface area contributed by atoms with Crippen molar-refractivity contribution in [1.82, 2.24) is 30.9 Å². The van der Waals surface area contributed by atoms with Crippen LogP contribution < -0.4 is 16.1 Å². The summed E-state index contributed by atoms with van der Waals surface area (Å²) in [7, 11) is 0. The molecule has 2 heterocycles. The maximum Gasteiger partial charge on any atom is 0.315 e. The number of hydrogen-bond donors (Lipinski definition) is 3. The number of likely N-dealkylation sites (tertiary alicyclic amines) is 2. The number of imide groups is 1. The zero-order chi connectivity index (χ0) is 35.3. The van der Waals surface area contributed by atoms with Gasteiger partial charge in [0.05, 0.1) is 17.4 Å². The van der Waals surface area contributed by atoms with Gasteiger partial charge in [-0.3, -0.25) is 39.3 Å². The predicted molar refractivity (Wildman–Crippen MR) is 177 cm³/mol. The molecule has 0 radical (unpaired) electrons. The van der Waals surface area contributed by atoms with Crippen molar-refractivity contribution >= 4 is 35.6 Å². The van der Waals surface area contributed by atoms with E-state index in [1.54, 1.807) is 4.90 Å². The second-order valence-electron chi connectivity index (χ2n) is 18.3. The first-order valence-electron chi connectivity index (χ1n) is 18.1. The van der Waals surface area contributed by atoms with Crippen molar-refractivity contribution in [2.24, 2.45) is 51.2 Å². The number of urea groups is 1. The number of hydrazine groups is 1. The number of nitrogens with one attached hydrogen (secondary N) is 3. The fourth-order valence-corrected chi connectivity index (χ4v) is 9.12. The Bertz CT molecular complexity index is 1410. The molecule has 8 atom stereocenters. The molecule has 6 rings (SSSR count). The van der Waals surface area contributed by atoms with Crippen LogP contribution in [0.15, 0.2) is 0 Å². The largest absolute Gasteiger partial charge is 0.333 e. The van der Waals surface area contributed by atoms with E-state index in [0.717, 1.165) is 32.1 Å². The molecule has 2 saturated heterocycles. The molecule has 12 heteroatoms. The number of hydrogen-bond acceptors (Lipinski definition) is 6. The maximum atomic E-state index is 14.4. The van der Waals surface area contributed by atoms with E-state index in [1.807, 2.05) is 48.5 Å². The van der Waals surface area contributed by atoms with E-state index in [2.05, 4.69) is 29.9 Å². The Hall–Kier alpha value is -3.18. The summed E-state index contributed by atoms with van der Waals surface area (Å²) in [4.78, 5) is 84.7. The van der Waals surface area contributed by atoms with E-state index >= 15 is 0 Å². The molecule has 1 spiro atoms. The molecular formula is C36H56N6O6. The number of amides is 7. The lowest BCUT2D eigenvalue weighted by atomic mass is 9.43. The molecule has 3 unspecified atom stereocenters. The summed E-state index contributed by atoms with van der Waals surface area (Å²) < 4.78 is 0. The van der Waals surface area contributed by atoms with Crippen LogP contribution in [0.1, 0.15) is 101 Å². The van der Waals surface area contributed by atoms with Crippen molar-refractivity contribution < 1.29 is 28.8 Å². The van der Waals surface area contributed by atoms with E-state index in [0.29, 0.717) is 25.4 Å². The third-order valence-electron chi connectivity index (χ3n) is 12.7. The van der Waals surface area contributed by atoms with Gasteiger partial charge in [-0.05, 0) is 72.5 Å². The van der Waals surface area contributed by atoms with Gasteiger partial charge in [-0.2, -0.15) is 0 Å². The van der Waals surface area contributed by atoms with Crippen molar-refractivity contribution in [3.63, 3.8) is 0 Å². The number of carbonyl (C=O) groups excluding carboxylic acids is 6. The highest BCUT2D eigenvalue weighted by Gasteiger charge is 2.74. The van der Waals surface area contributed by atoms with Crippen molar-refractivity contribution in [3.8, 4) is 0 Å². The summed E-state index contributed by atoms with van der Waals surface area (Å²) in [6.45, 7) is 18.5. The standard InChI is InChI=1S/C36H56N6O6/c1-10-15-42(28(44)19-11-12-19)39-27(43)25-24-22(35(24,8)9)17-40(25)30(46)26(34(5,6)7)38-32(48)37-23(33(2,3)4)18-41-29(45)21-16-20-13-14-36(20,21)31(41)47/h19-26H,10-18H2,1-9H3,(H,39,43)(H2,37,38,48)/t20?,21?,22-,23+,24-,25-,26+,36?/m0/s1. The highest BCUT2D eigenvalue weighted by Crippen LogP contribution is 2.68. The number of nitrogens with zero attached hydrogens (tertiary/aromatic N) is 3. The summed E-state index contributed by atoms with van der Waals surface area (Å²) in [5.41, 5.74) is 1.03. The molecule has 48 heavy (non-hydrogen) atoms. The van der Waals surface area contributed by atoms with E-state index in [-0.39, 0.29) is 65.2 Å². The SMILES string of the molecule is CCCN(NC(=O)[C@@H]1[C@@H]2[C@H](CN1C(=O)[C@@H](NC(=O)N[C@H](CN1C(=O)C3CC4CCC43C1=O)C(C)(C)C)C(C)(C)C)C2(C)C)C(=O)C1CC1. The number of rotatable bonds is 9. The van der Waals surface area contributed by atoms with Gasteiger partial charge >= 0.3 is 6.03 Å². The van der Waals surface area contributed by atoms with Crippen LogP contribution in [-0.4, -0.2) is 88.1 Å². The molecule has 4 saturated carbocycles. The topological polar surface area (TPSA) is 148 Å². The smallest absolute Gasteiger partial charge is 0.315 e. The van der Waals surface area contributed by atoms with Crippen LogP contribution in [0.5, 0.6) is 0 Å². The van der Waals surface area contributed by atoms with Crippen LogP contribution >= 0.6 is 0 Å². The average molecular weight is 669 g/mol. The Kier molecular flexibility index (Phi) is 8.26. The molecule has 266 valence electrons. The quantitative estimate of drug-likeness (QED) is 0.254. The molecule has 6 fully saturated rings. The fourth-order valence-electron chi connectivity index (χ4n) is 9.12. The summed E-state index contributed by atoms with van der Waals surface area (Å²) in [5.74, 6) is -0.934. The van der Waals surface area contributed by atoms with Gasteiger partial charge in [0.1, 0.15) is 12.1 Å². The normalized spacial score (nSPS) is 32.6. The minimum absolute atomic E-state index is 0.0544. The first-order chi connectivity index (χ1) is 22.2. The van der Waals surface area contributed by atoms with Crippen LogP contribution in [0, 0.1) is 51.2 Å². The Balaban J connectivity index is 1.16. The Morgan fingerprint density at radius 2 is 1.65 bits per heavy atom. The summed E-state index contributed by atoms with van der Waals surface area (Å²) in [6, 6.07) is -2.85. The lowest BCUT2D eigenvalue weighted by Gasteiger charge is -2.57. The molecule has 7 amide bonds. The molecule has 0 bridgehead atoms. The van der Waals surface area contributed by atoms with Crippen molar-refractivity contribution in [1.29, 1.82) is 0 Å². The average Bonchev–Trinajstić information content (AvgIpc) is 3.83. The Morgan fingerprint density at radius 3 is 2.15 bits per heavy atom. The molecule has 6 aliphatic rings. The predicted octanol–water partition coefficient (Wildman–Crippen LogP) is 3.06. The first-order valence-corrected chi connectivity index (χ1v) is 18.1. The van der Waals surface area contributed by atoms with Gasteiger partial charge in [0, 0.05) is 25.6 Å². The van der Waals surface area contributed by atoms with Crippen molar-refractivity contribution in [2.45, 2.75) is 119 Å². The first kappa shape index (κ1) is 34.7. The zero-order valence-electron chi connectivity index (χ0n) is 30.3. The van der Waals surface area contributed by atoms with E-state index in [4.69, 9.17) is 0 Å². The second-order valence-corrected chi connectivity index (χ2v) is 18.3. The van der Waals surface area contributed by atoms with Gasteiger partial charge in [-0.15, -0.1) is 0 Å². The van der Waals surface area contributed by atoms with Crippen LogP contribution in [0.3, 0.4) is 0 Å².